The minimum atomic E-state index is -4.02. The number of aryl methyl sites for hydroxylation is 1. The summed E-state index contributed by atoms with van der Waals surface area (Å²) in [5.74, 6) is 0. The predicted octanol–water partition coefficient (Wildman–Crippen LogP) is -1.34. The molecule has 2 heterocycles. The van der Waals surface area contributed by atoms with Crippen molar-refractivity contribution >= 4 is 7.60 Å². The monoisotopic (exact) mass is 275 g/mol. The first kappa shape index (κ1) is 13.2. The molecule has 8 nitrogen and oxygen atoms in total. The number of nitrogens with one attached hydrogen (secondary N) is 1. The van der Waals surface area contributed by atoms with Gasteiger partial charge in [0.25, 0.3) is 5.56 Å². The van der Waals surface area contributed by atoms with Crippen LogP contribution in [0.2, 0.25) is 0 Å². The molecule has 2 rings (SSSR count). The Morgan fingerprint density at radius 3 is 2.78 bits per heavy atom. The van der Waals surface area contributed by atoms with Gasteiger partial charge in [0.05, 0.1) is 12.8 Å². The van der Waals surface area contributed by atoms with Gasteiger partial charge < -0.3 is 9.79 Å². The van der Waals surface area contributed by atoms with Crippen molar-refractivity contribution in [3.8, 4) is 0 Å². The SMILES string of the molecule is Cc1cn(CN2CC2CP(=O)(O)O)c(=O)[nH]c1=O. The summed E-state index contributed by atoms with van der Waals surface area (Å²) >= 11 is 0. The van der Waals surface area contributed by atoms with E-state index in [9.17, 15) is 14.2 Å². The third kappa shape index (κ3) is 3.17. The molecule has 2 atom stereocenters. The fourth-order valence-corrected chi connectivity index (χ4v) is 2.66. The lowest BCUT2D eigenvalue weighted by molar-refractivity contribution is 0.358. The average Bonchev–Trinajstić information content (AvgIpc) is 2.90. The first-order valence-corrected chi connectivity index (χ1v) is 7.15. The van der Waals surface area contributed by atoms with E-state index < -0.39 is 18.8 Å². The maximum absolute atomic E-state index is 11.5. The third-order valence-corrected chi connectivity index (χ3v) is 3.70. The molecule has 1 aromatic heterocycles. The molecule has 100 valence electrons. The molecule has 3 N–H and O–H groups in total. The Bertz CT molecular complexity index is 615. The molecule has 0 bridgehead atoms. The Kier molecular flexibility index (Phi) is 3.29. The number of rotatable bonds is 4. The zero-order chi connectivity index (χ0) is 13.5. The second kappa shape index (κ2) is 4.47. The first-order chi connectivity index (χ1) is 8.26. The van der Waals surface area contributed by atoms with Crippen LogP contribution in [0, 0.1) is 6.92 Å². The molecule has 0 saturated carbocycles. The van der Waals surface area contributed by atoms with E-state index in [1.165, 1.54) is 10.8 Å². The van der Waals surface area contributed by atoms with Gasteiger partial charge in [-0.1, -0.05) is 0 Å². The quantitative estimate of drug-likeness (QED) is 0.463. The Morgan fingerprint density at radius 2 is 2.17 bits per heavy atom. The van der Waals surface area contributed by atoms with Gasteiger partial charge in [-0.05, 0) is 6.92 Å². The van der Waals surface area contributed by atoms with E-state index in [0.29, 0.717) is 12.1 Å². The van der Waals surface area contributed by atoms with Crippen LogP contribution in [-0.2, 0) is 11.2 Å². The van der Waals surface area contributed by atoms with E-state index in [1.807, 2.05) is 0 Å². The molecule has 1 fully saturated rings. The number of aromatic amines is 1. The molecule has 0 aliphatic carbocycles. The Labute approximate surface area is 102 Å². The molecule has 1 aliphatic rings. The third-order valence-electron chi connectivity index (χ3n) is 2.80. The summed E-state index contributed by atoms with van der Waals surface area (Å²) in [5, 5.41) is 0. The molecule has 18 heavy (non-hydrogen) atoms. The van der Waals surface area contributed by atoms with E-state index >= 15 is 0 Å². The first-order valence-electron chi connectivity index (χ1n) is 5.35. The van der Waals surface area contributed by atoms with E-state index in [1.54, 1.807) is 11.8 Å². The van der Waals surface area contributed by atoms with E-state index in [0.717, 1.165) is 0 Å². The molecule has 1 saturated heterocycles. The maximum atomic E-state index is 11.5. The molecule has 2 unspecified atom stereocenters. The number of H-pyrrole nitrogens is 1. The molecule has 0 radical (unpaired) electrons. The predicted molar refractivity (Wildman–Crippen MR) is 63.5 cm³/mol. The van der Waals surface area contributed by atoms with E-state index in [4.69, 9.17) is 9.79 Å². The summed E-state index contributed by atoms with van der Waals surface area (Å²) in [4.78, 5) is 44.2. The molecule has 0 spiro atoms. The van der Waals surface area contributed by atoms with E-state index in [2.05, 4.69) is 4.98 Å². The van der Waals surface area contributed by atoms with Gasteiger partial charge in [-0.2, -0.15) is 0 Å². The molecule has 9 heteroatoms. The largest absolute Gasteiger partial charge is 0.329 e. The Balaban J connectivity index is 2.05. The summed E-state index contributed by atoms with van der Waals surface area (Å²) in [6, 6.07) is -0.204. The average molecular weight is 275 g/mol. The van der Waals surface area contributed by atoms with Crippen LogP contribution in [0.1, 0.15) is 5.56 Å². The minimum absolute atomic E-state index is 0.204. The zero-order valence-corrected chi connectivity index (χ0v) is 10.6. The minimum Gasteiger partial charge on any atom is -0.324 e. The zero-order valence-electron chi connectivity index (χ0n) is 9.74. The van der Waals surface area contributed by atoms with Gasteiger partial charge in [0.15, 0.2) is 0 Å². The lowest BCUT2D eigenvalue weighted by Crippen LogP contribution is -2.32. The Morgan fingerprint density at radius 1 is 1.50 bits per heavy atom. The smallest absolute Gasteiger partial charge is 0.324 e. The fourth-order valence-electron chi connectivity index (χ4n) is 1.76. The second-order valence-corrected chi connectivity index (χ2v) is 6.15. The molecule has 1 aliphatic heterocycles. The van der Waals surface area contributed by atoms with Crippen LogP contribution >= 0.6 is 7.60 Å². The van der Waals surface area contributed by atoms with Crippen molar-refractivity contribution in [1.82, 2.24) is 14.5 Å². The van der Waals surface area contributed by atoms with Gasteiger partial charge in [0.2, 0.25) is 0 Å². The van der Waals surface area contributed by atoms with Crippen molar-refractivity contribution in [2.75, 3.05) is 12.7 Å². The highest BCUT2D eigenvalue weighted by Gasteiger charge is 2.38. The van der Waals surface area contributed by atoms with Gasteiger partial charge >= 0.3 is 13.3 Å². The van der Waals surface area contributed by atoms with Gasteiger partial charge in [0.1, 0.15) is 0 Å². The van der Waals surface area contributed by atoms with Crippen LogP contribution in [0.3, 0.4) is 0 Å². The fraction of sp³-hybridized carbons (Fsp3) is 0.556. The summed E-state index contributed by atoms with van der Waals surface area (Å²) in [7, 11) is -4.02. The maximum Gasteiger partial charge on any atom is 0.329 e. The van der Waals surface area contributed by atoms with Crippen molar-refractivity contribution < 1.29 is 14.4 Å². The lowest BCUT2D eigenvalue weighted by atomic mass is 10.4. The number of nitrogens with zero attached hydrogens (tertiary/aromatic N) is 2. The Hall–Kier alpha value is -1.21. The van der Waals surface area contributed by atoms with Crippen molar-refractivity contribution in [3.05, 3.63) is 32.6 Å². The van der Waals surface area contributed by atoms with Crippen LogP contribution in [-0.4, -0.2) is 43.0 Å². The molecule has 0 amide bonds. The van der Waals surface area contributed by atoms with Crippen LogP contribution in [0.5, 0.6) is 0 Å². The van der Waals surface area contributed by atoms with Crippen molar-refractivity contribution in [2.24, 2.45) is 0 Å². The topological polar surface area (TPSA) is 115 Å². The van der Waals surface area contributed by atoms with Crippen molar-refractivity contribution in [1.29, 1.82) is 0 Å². The van der Waals surface area contributed by atoms with Crippen molar-refractivity contribution in [3.63, 3.8) is 0 Å². The summed E-state index contributed by atoms with van der Waals surface area (Å²) in [5.41, 5.74) is -0.524. The summed E-state index contributed by atoms with van der Waals surface area (Å²) < 4.78 is 12.1. The van der Waals surface area contributed by atoms with Gasteiger partial charge in [-0.25, -0.2) is 4.79 Å². The molecule has 1 aromatic rings. The standard InChI is InChI=1S/C9H14N3O5P/c1-6-2-12(9(14)10-8(6)13)5-11-3-7(11)4-18(15,16)17/h2,7H,3-5H2,1H3,(H,10,13,14)(H2,15,16,17). The lowest BCUT2D eigenvalue weighted by Gasteiger charge is -2.08. The summed E-state index contributed by atoms with van der Waals surface area (Å²) in [6.45, 7) is 2.35. The highest BCUT2D eigenvalue weighted by Crippen LogP contribution is 2.39. The number of hydrogen-bond acceptors (Lipinski definition) is 4. The normalized spacial score (nSPS) is 23.1. The van der Waals surface area contributed by atoms with Crippen LogP contribution in [0.15, 0.2) is 15.8 Å². The van der Waals surface area contributed by atoms with E-state index in [-0.39, 0.29) is 18.9 Å². The summed E-state index contributed by atoms with van der Waals surface area (Å²) in [6.07, 6.45) is 1.23. The van der Waals surface area contributed by atoms with Crippen LogP contribution in [0.4, 0.5) is 0 Å². The highest BCUT2D eigenvalue weighted by molar-refractivity contribution is 7.51. The molecular weight excluding hydrogens is 261 g/mol. The van der Waals surface area contributed by atoms with Crippen LogP contribution in [0.25, 0.3) is 0 Å². The van der Waals surface area contributed by atoms with Crippen molar-refractivity contribution in [2.45, 2.75) is 19.6 Å². The van der Waals surface area contributed by atoms with Gasteiger partial charge in [-0.15, -0.1) is 0 Å². The highest BCUT2D eigenvalue weighted by atomic mass is 31.2. The van der Waals surface area contributed by atoms with Gasteiger partial charge in [0, 0.05) is 24.3 Å². The van der Waals surface area contributed by atoms with Crippen LogP contribution < -0.4 is 11.2 Å². The second-order valence-electron chi connectivity index (χ2n) is 4.46. The molecular formula is C9H14N3O5P. The number of aromatic nitrogens is 2. The molecule has 0 aromatic carbocycles. The number of hydrogen-bond donors (Lipinski definition) is 3. The van der Waals surface area contributed by atoms with Gasteiger partial charge in [-0.3, -0.25) is 23.8 Å².